The van der Waals surface area contributed by atoms with Crippen LogP contribution in [0.4, 0.5) is 5.82 Å². The number of imidazole rings is 1. The fraction of sp³-hybridized carbons (Fsp3) is 0.667. The Kier molecular flexibility index (Phi) is 3.78. The van der Waals surface area contributed by atoms with E-state index >= 15 is 0 Å². The van der Waals surface area contributed by atoms with Crippen LogP contribution in [0.1, 0.15) is 6.23 Å². The quantitative estimate of drug-likeness (QED) is 0.357. The van der Waals surface area contributed by atoms with Crippen LogP contribution in [0.2, 0.25) is 0 Å². The molecular weight excluding hydrogens is 262 g/mol. The summed E-state index contributed by atoms with van der Waals surface area (Å²) in [5.41, 5.74) is 0. The molecule has 5 atom stereocenters. The van der Waals surface area contributed by atoms with Crippen molar-refractivity contribution in [3.8, 4) is 0 Å². The minimum Gasteiger partial charge on any atom is -0.394 e. The van der Waals surface area contributed by atoms with Crippen molar-refractivity contribution >= 4 is 5.82 Å². The third kappa shape index (κ3) is 2.31. The maximum Gasteiger partial charge on any atom is 0.344 e. The van der Waals surface area contributed by atoms with Crippen LogP contribution in [-0.2, 0) is 4.74 Å². The largest absolute Gasteiger partial charge is 0.394 e. The molecule has 1 fully saturated rings. The van der Waals surface area contributed by atoms with Gasteiger partial charge >= 0.3 is 5.82 Å². The zero-order valence-electron chi connectivity index (χ0n) is 9.60. The number of nitrogens with zero attached hydrogens (tertiary/aromatic N) is 3. The lowest BCUT2D eigenvalue weighted by molar-refractivity contribution is -0.396. The van der Waals surface area contributed by atoms with Crippen LogP contribution in [0.5, 0.6) is 0 Å². The number of rotatable bonds is 3. The number of hydrogen-bond acceptors (Lipinski definition) is 8. The Balaban J connectivity index is 2.32. The molecule has 19 heavy (non-hydrogen) atoms. The summed E-state index contributed by atoms with van der Waals surface area (Å²) >= 11 is 0. The van der Waals surface area contributed by atoms with Crippen LogP contribution in [-0.4, -0.2) is 65.9 Å². The Bertz CT molecular complexity index is 462. The molecule has 1 aliphatic heterocycles. The van der Waals surface area contributed by atoms with Crippen molar-refractivity contribution in [1.82, 2.24) is 9.55 Å². The average Bonchev–Trinajstić information content (AvgIpc) is 2.85. The van der Waals surface area contributed by atoms with Gasteiger partial charge in [-0.05, 0) is 4.92 Å². The molecular formula is C9H13N3O7. The Morgan fingerprint density at radius 2 is 2.05 bits per heavy atom. The molecule has 106 valence electrons. The number of aliphatic hydroxyl groups is 4. The normalized spacial score (nSPS) is 35.3. The van der Waals surface area contributed by atoms with Gasteiger partial charge in [-0.3, -0.25) is 0 Å². The van der Waals surface area contributed by atoms with Crippen molar-refractivity contribution in [2.45, 2.75) is 30.6 Å². The van der Waals surface area contributed by atoms with Crippen molar-refractivity contribution in [2.75, 3.05) is 6.61 Å². The highest BCUT2D eigenvalue weighted by atomic mass is 16.6. The zero-order valence-corrected chi connectivity index (χ0v) is 9.60. The van der Waals surface area contributed by atoms with Gasteiger partial charge in [-0.1, -0.05) is 0 Å². The van der Waals surface area contributed by atoms with E-state index < -0.39 is 48.0 Å². The molecule has 10 heteroatoms. The number of hydrogen-bond donors (Lipinski definition) is 4. The molecule has 4 N–H and O–H groups in total. The highest BCUT2D eigenvalue weighted by Crippen LogP contribution is 2.30. The second kappa shape index (κ2) is 5.19. The van der Waals surface area contributed by atoms with Gasteiger partial charge in [0, 0.05) is 0 Å². The summed E-state index contributed by atoms with van der Waals surface area (Å²) in [7, 11) is 0. The molecule has 5 unspecified atom stereocenters. The first-order chi connectivity index (χ1) is 8.97. The van der Waals surface area contributed by atoms with Gasteiger partial charge in [0.05, 0.1) is 6.61 Å². The van der Waals surface area contributed by atoms with Gasteiger partial charge < -0.3 is 35.3 Å². The summed E-state index contributed by atoms with van der Waals surface area (Å²) in [5.74, 6) is -0.440. The van der Waals surface area contributed by atoms with Crippen LogP contribution in [0.15, 0.2) is 12.5 Å². The predicted molar refractivity (Wildman–Crippen MR) is 57.9 cm³/mol. The summed E-state index contributed by atoms with van der Waals surface area (Å²) in [6, 6.07) is 0. The molecule has 0 spiro atoms. The number of aliphatic hydroxyl groups excluding tert-OH is 4. The molecule has 2 heterocycles. The Labute approximate surface area is 106 Å². The van der Waals surface area contributed by atoms with E-state index in [1.807, 2.05) is 0 Å². The van der Waals surface area contributed by atoms with Crippen LogP contribution in [0.25, 0.3) is 0 Å². The summed E-state index contributed by atoms with van der Waals surface area (Å²) < 4.78 is 6.09. The molecule has 2 rings (SSSR count). The minimum atomic E-state index is -1.60. The second-order valence-electron chi connectivity index (χ2n) is 4.14. The Morgan fingerprint density at radius 3 is 2.63 bits per heavy atom. The van der Waals surface area contributed by atoms with Gasteiger partial charge in [-0.15, -0.1) is 0 Å². The van der Waals surface area contributed by atoms with Crippen LogP contribution >= 0.6 is 0 Å². The van der Waals surface area contributed by atoms with Crippen molar-refractivity contribution in [3.05, 3.63) is 22.6 Å². The zero-order chi connectivity index (χ0) is 14.2. The van der Waals surface area contributed by atoms with Crippen LogP contribution < -0.4 is 0 Å². The third-order valence-electron chi connectivity index (χ3n) is 2.97. The Hall–Kier alpha value is -1.59. The number of ether oxygens (including phenoxy) is 1. The monoisotopic (exact) mass is 275 g/mol. The molecule has 1 aromatic rings. The lowest BCUT2D eigenvalue weighted by Crippen LogP contribution is -2.56. The van der Waals surface area contributed by atoms with Crippen molar-refractivity contribution in [1.29, 1.82) is 0 Å². The van der Waals surface area contributed by atoms with E-state index in [4.69, 9.17) is 9.84 Å². The van der Waals surface area contributed by atoms with Gasteiger partial charge in [0.15, 0.2) is 6.33 Å². The van der Waals surface area contributed by atoms with Crippen LogP contribution in [0, 0.1) is 10.1 Å². The average molecular weight is 275 g/mol. The summed E-state index contributed by atoms with van der Waals surface area (Å²) in [6.45, 7) is -0.607. The first-order valence-electron chi connectivity index (χ1n) is 5.44. The van der Waals surface area contributed by atoms with E-state index in [1.54, 1.807) is 0 Å². The van der Waals surface area contributed by atoms with E-state index in [9.17, 15) is 25.4 Å². The summed E-state index contributed by atoms with van der Waals surface area (Å²) in [6.07, 6.45) is -5.14. The van der Waals surface area contributed by atoms with Crippen molar-refractivity contribution < 1.29 is 30.1 Å². The van der Waals surface area contributed by atoms with Gasteiger partial charge in [0.1, 0.15) is 30.6 Å². The highest BCUT2D eigenvalue weighted by molar-refractivity contribution is 5.16. The maximum absolute atomic E-state index is 10.8. The molecule has 1 aliphatic rings. The third-order valence-corrected chi connectivity index (χ3v) is 2.97. The van der Waals surface area contributed by atoms with Gasteiger partial charge in [-0.25, -0.2) is 4.98 Å². The first kappa shape index (κ1) is 13.8. The van der Waals surface area contributed by atoms with E-state index in [1.165, 1.54) is 0 Å². The predicted octanol–water partition coefficient (Wildman–Crippen LogP) is -2.24. The van der Waals surface area contributed by atoms with Gasteiger partial charge in [0.2, 0.25) is 6.23 Å². The van der Waals surface area contributed by atoms with Gasteiger partial charge in [0.25, 0.3) is 0 Å². The summed E-state index contributed by atoms with van der Waals surface area (Å²) in [4.78, 5) is 13.6. The molecule has 0 amide bonds. The minimum absolute atomic E-state index is 0.440. The van der Waals surface area contributed by atoms with E-state index in [-0.39, 0.29) is 0 Å². The van der Waals surface area contributed by atoms with E-state index in [0.29, 0.717) is 0 Å². The molecule has 0 aromatic carbocycles. The standard InChI is InChI=1S/C9H13N3O7/c13-2-4-6(14)7(15)8(16)9(19-4)11-3-10-1-5(11)12(17)18/h1,3-4,6-9,13-16H,2H2. The number of aromatic nitrogens is 2. The smallest absolute Gasteiger partial charge is 0.344 e. The molecule has 0 saturated carbocycles. The molecule has 0 aliphatic carbocycles. The highest BCUT2D eigenvalue weighted by Gasteiger charge is 2.47. The lowest BCUT2D eigenvalue weighted by atomic mass is 9.98. The van der Waals surface area contributed by atoms with E-state index in [0.717, 1.165) is 17.1 Å². The Morgan fingerprint density at radius 1 is 1.37 bits per heavy atom. The molecule has 1 saturated heterocycles. The molecule has 10 nitrogen and oxygen atoms in total. The maximum atomic E-state index is 10.8. The van der Waals surface area contributed by atoms with E-state index in [2.05, 4.69) is 4.98 Å². The van der Waals surface area contributed by atoms with Crippen LogP contribution in [0.3, 0.4) is 0 Å². The SMILES string of the molecule is O=[N+]([O-])c1cncn1C1OC(CO)C(O)C(O)C1O. The number of nitro groups is 1. The topological polar surface area (TPSA) is 151 Å². The molecule has 0 radical (unpaired) electrons. The molecule has 1 aromatic heterocycles. The van der Waals surface area contributed by atoms with Crippen molar-refractivity contribution in [2.24, 2.45) is 0 Å². The lowest BCUT2D eigenvalue weighted by Gasteiger charge is -2.38. The van der Waals surface area contributed by atoms with Crippen molar-refractivity contribution in [3.63, 3.8) is 0 Å². The fourth-order valence-electron chi connectivity index (χ4n) is 1.95. The van der Waals surface area contributed by atoms with Gasteiger partial charge in [-0.2, -0.15) is 4.57 Å². The second-order valence-corrected chi connectivity index (χ2v) is 4.14. The molecule has 0 bridgehead atoms. The summed E-state index contributed by atoms with van der Waals surface area (Å²) in [5, 5.41) is 48.8. The first-order valence-corrected chi connectivity index (χ1v) is 5.44. The fourth-order valence-corrected chi connectivity index (χ4v) is 1.95.